The van der Waals surface area contributed by atoms with Gasteiger partial charge in [-0.1, -0.05) is 68.5 Å². The molecule has 0 aliphatic rings. The third-order valence-electron chi connectivity index (χ3n) is 6.37. The predicted molar refractivity (Wildman–Crippen MR) is 130 cm³/mol. The van der Waals surface area contributed by atoms with Crippen LogP contribution in [0.25, 0.3) is 17.2 Å². The molecule has 4 rings (SSSR count). The van der Waals surface area contributed by atoms with Gasteiger partial charge in [-0.25, -0.2) is 4.98 Å². The molecule has 6 heteroatoms. The second-order valence-corrected chi connectivity index (χ2v) is 8.16. The minimum Gasteiger partial charge on any atom is -0.379 e. The van der Waals surface area contributed by atoms with Crippen LogP contribution in [0.4, 0.5) is 5.69 Å². The number of rotatable bonds is 8. The number of nitrogens with zero attached hydrogens (tertiary/aromatic N) is 3. The zero-order chi connectivity index (χ0) is 22.7. The molecule has 0 atom stereocenters. The van der Waals surface area contributed by atoms with Crippen molar-refractivity contribution in [3.63, 3.8) is 0 Å². The van der Waals surface area contributed by atoms with E-state index in [1.54, 1.807) is 0 Å². The number of aromatic amines is 1. The lowest BCUT2D eigenvalue weighted by atomic mass is 9.71. The fourth-order valence-electron chi connectivity index (χ4n) is 4.35. The second kappa shape index (κ2) is 8.83. The van der Waals surface area contributed by atoms with Crippen LogP contribution in [0.3, 0.4) is 0 Å². The summed E-state index contributed by atoms with van der Waals surface area (Å²) in [7, 11) is 0. The Balaban J connectivity index is 1.62. The molecule has 0 saturated carbocycles. The third-order valence-corrected chi connectivity index (χ3v) is 6.37. The lowest BCUT2D eigenvalue weighted by molar-refractivity contribution is 0.469. The van der Waals surface area contributed by atoms with Gasteiger partial charge >= 0.3 is 0 Å². The molecule has 2 heterocycles. The molecule has 0 radical (unpaired) electrons. The molecule has 6 nitrogen and oxygen atoms in total. The van der Waals surface area contributed by atoms with Crippen LogP contribution in [0, 0.1) is 0 Å². The molecule has 0 amide bonds. The molecule has 0 spiro atoms. The molecule has 0 fully saturated rings. The van der Waals surface area contributed by atoms with E-state index < -0.39 is 0 Å². The molecule has 0 aliphatic heterocycles. The van der Waals surface area contributed by atoms with E-state index in [0.717, 1.165) is 24.1 Å². The fraction of sp³-hybridized carbons (Fsp3) is 0.269. The Morgan fingerprint density at radius 1 is 1.06 bits per heavy atom. The van der Waals surface area contributed by atoms with Crippen molar-refractivity contribution < 1.29 is 0 Å². The molecule has 164 valence electrons. The van der Waals surface area contributed by atoms with Crippen LogP contribution in [0.5, 0.6) is 0 Å². The maximum Gasteiger partial charge on any atom is 0.274 e. The Morgan fingerprint density at radius 3 is 2.38 bits per heavy atom. The molecule has 2 aromatic heterocycles. The molecule has 2 N–H and O–H groups in total. The van der Waals surface area contributed by atoms with Gasteiger partial charge in [0.05, 0.1) is 12.2 Å². The summed E-state index contributed by atoms with van der Waals surface area (Å²) in [6.45, 7) is 11.2. The first-order valence-electron chi connectivity index (χ1n) is 11.0. The minimum absolute atomic E-state index is 0.0223. The number of H-pyrrole nitrogens is 1. The van der Waals surface area contributed by atoms with Gasteiger partial charge in [-0.2, -0.15) is 9.50 Å². The summed E-state index contributed by atoms with van der Waals surface area (Å²) in [5.41, 5.74) is 4.74. The zero-order valence-corrected chi connectivity index (χ0v) is 18.9. The van der Waals surface area contributed by atoms with Crippen molar-refractivity contribution in [2.45, 2.75) is 45.6 Å². The first kappa shape index (κ1) is 21.6. The van der Waals surface area contributed by atoms with Crippen LogP contribution in [0.2, 0.25) is 0 Å². The van der Waals surface area contributed by atoms with E-state index in [1.165, 1.54) is 21.7 Å². The van der Waals surface area contributed by atoms with Crippen molar-refractivity contribution in [1.82, 2.24) is 19.6 Å². The number of aromatic nitrogens is 4. The van der Waals surface area contributed by atoms with Crippen molar-refractivity contribution in [2.75, 3.05) is 5.32 Å². The van der Waals surface area contributed by atoms with E-state index in [0.29, 0.717) is 23.8 Å². The van der Waals surface area contributed by atoms with Gasteiger partial charge < -0.3 is 5.32 Å². The average molecular weight is 428 g/mol. The third kappa shape index (κ3) is 3.96. The number of allylic oxidation sites excluding steroid dienone is 1. The number of anilines is 1. The molecule has 0 bridgehead atoms. The van der Waals surface area contributed by atoms with Crippen molar-refractivity contribution in [2.24, 2.45) is 0 Å². The van der Waals surface area contributed by atoms with E-state index >= 15 is 0 Å². The molecule has 0 unspecified atom stereocenters. The smallest absolute Gasteiger partial charge is 0.274 e. The number of hydrogen-bond donors (Lipinski definition) is 2. The molecule has 4 aromatic rings. The summed E-state index contributed by atoms with van der Waals surface area (Å²) in [6, 6.07) is 19.7. The first-order valence-corrected chi connectivity index (χ1v) is 11.0. The van der Waals surface area contributed by atoms with Crippen molar-refractivity contribution >= 4 is 11.5 Å². The van der Waals surface area contributed by atoms with Gasteiger partial charge in [-0.05, 0) is 37.5 Å². The van der Waals surface area contributed by atoms with Crippen LogP contribution < -0.4 is 10.9 Å². The standard InChI is InChI=1S/C26H29N5O/c1-5-26(6-2,18(3)4)20-14-12-19(13-15-20)24-29-25-28-22(16-23(32)31(25)30-24)17-27-21-10-8-7-9-11-21/h7-16,27H,3,5-6,17H2,1-2,4H3,(H,28,29,30). The maximum atomic E-state index is 12.6. The van der Waals surface area contributed by atoms with Gasteiger partial charge in [0.15, 0.2) is 5.82 Å². The molecular weight excluding hydrogens is 398 g/mol. The van der Waals surface area contributed by atoms with Gasteiger partial charge in [0, 0.05) is 22.7 Å². The van der Waals surface area contributed by atoms with Gasteiger partial charge in [0.2, 0.25) is 0 Å². The fourth-order valence-corrected chi connectivity index (χ4v) is 4.35. The summed E-state index contributed by atoms with van der Waals surface area (Å²) in [4.78, 5) is 21.7. The zero-order valence-electron chi connectivity index (χ0n) is 18.9. The summed E-state index contributed by atoms with van der Waals surface area (Å²) in [6.07, 6.45) is 2.00. The Hall–Kier alpha value is -3.67. The highest BCUT2D eigenvalue weighted by Crippen LogP contribution is 2.38. The van der Waals surface area contributed by atoms with E-state index in [-0.39, 0.29) is 11.0 Å². The Bertz CT molecular complexity index is 1280. The van der Waals surface area contributed by atoms with Gasteiger partial charge in [0.25, 0.3) is 11.3 Å². The monoisotopic (exact) mass is 427 g/mol. The molecular formula is C26H29N5O. The quantitative estimate of drug-likeness (QED) is 0.373. The van der Waals surface area contributed by atoms with E-state index in [4.69, 9.17) is 0 Å². The molecule has 32 heavy (non-hydrogen) atoms. The lowest BCUT2D eigenvalue weighted by Gasteiger charge is -2.33. The summed E-state index contributed by atoms with van der Waals surface area (Å²) in [5, 5.41) is 6.36. The van der Waals surface area contributed by atoms with Crippen molar-refractivity contribution in [3.05, 3.63) is 94.4 Å². The van der Waals surface area contributed by atoms with Crippen LogP contribution in [-0.2, 0) is 12.0 Å². The minimum atomic E-state index is -0.187. The number of nitrogens with one attached hydrogen (secondary N) is 2. The number of fused-ring (bicyclic) bond motifs is 1. The highest BCUT2D eigenvalue weighted by atomic mass is 16.1. The van der Waals surface area contributed by atoms with Gasteiger partial charge in [-0.3, -0.25) is 9.89 Å². The summed E-state index contributed by atoms with van der Waals surface area (Å²) in [5.74, 6) is 0.975. The molecule has 2 aromatic carbocycles. The van der Waals surface area contributed by atoms with E-state index in [1.807, 2.05) is 42.5 Å². The van der Waals surface area contributed by atoms with Crippen LogP contribution >= 0.6 is 0 Å². The highest BCUT2D eigenvalue weighted by Gasteiger charge is 2.29. The lowest BCUT2D eigenvalue weighted by Crippen LogP contribution is -2.25. The Labute approximate surface area is 188 Å². The summed E-state index contributed by atoms with van der Waals surface area (Å²) >= 11 is 0. The number of benzene rings is 2. The van der Waals surface area contributed by atoms with Crippen LogP contribution in [-0.4, -0.2) is 19.6 Å². The van der Waals surface area contributed by atoms with E-state index in [2.05, 4.69) is 59.9 Å². The number of para-hydroxylation sites is 1. The van der Waals surface area contributed by atoms with Crippen molar-refractivity contribution in [1.29, 1.82) is 0 Å². The Kier molecular flexibility index (Phi) is 5.95. The van der Waals surface area contributed by atoms with Crippen LogP contribution in [0.1, 0.15) is 44.9 Å². The van der Waals surface area contributed by atoms with Gasteiger partial charge in [-0.15, -0.1) is 0 Å². The second-order valence-electron chi connectivity index (χ2n) is 8.16. The van der Waals surface area contributed by atoms with Crippen LogP contribution in [0.15, 0.2) is 77.6 Å². The van der Waals surface area contributed by atoms with E-state index in [9.17, 15) is 4.79 Å². The van der Waals surface area contributed by atoms with Gasteiger partial charge in [0.1, 0.15) is 0 Å². The normalized spacial score (nSPS) is 11.6. The average Bonchev–Trinajstić information content (AvgIpc) is 3.25. The molecule has 0 saturated heterocycles. The summed E-state index contributed by atoms with van der Waals surface area (Å²) < 4.78 is 1.38. The Morgan fingerprint density at radius 2 is 1.75 bits per heavy atom. The first-order chi connectivity index (χ1) is 15.5. The highest BCUT2D eigenvalue weighted by molar-refractivity contribution is 5.58. The SMILES string of the molecule is C=C(C)C(CC)(CC)c1ccc(-c2nc3nc(CNc4ccccc4)cc(=O)n3[nH]2)cc1. The largest absolute Gasteiger partial charge is 0.379 e. The maximum absolute atomic E-state index is 12.6. The van der Waals surface area contributed by atoms with Crippen molar-refractivity contribution in [3.8, 4) is 11.4 Å². The topological polar surface area (TPSA) is 75.1 Å². The number of hydrogen-bond acceptors (Lipinski definition) is 4. The molecule has 0 aliphatic carbocycles. The predicted octanol–water partition coefficient (Wildman–Crippen LogP) is 5.33.